The number of fused-ring (bicyclic) bond motifs is 1. The highest BCUT2D eigenvalue weighted by atomic mass is 16.5. The minimum Gasteiger partial charge on any atom is -0.493 e. The highest BCUT2D eigenvalue weighted by molar-refractivity contribution is 5.46. The zero-order valence-electron chi connectivity index (χ0n) is 8.62. The number of benzene rings is 1. The van der Waals surface area contributed by atoms with E-state index in [9.17, 15) is 0 Å². The summed E-state index contributed by atoms with van der Waals surface area (Å²) in [5.74, 6) is 2.93. The van der Waals surface area contributed by atoms with Gasteiger partial charge in [0.2, 0.25) is 0 Å². The topological polar surface area (TPSA) is 9.23 Å². The molecule has 0 aromatic heterocycles. The highest BCUT2D eigenvalue weighted by Gasteiger charge is 2.38. The first-order valence-corrected chi connectivity index (χ1v) is 5.64. The molecule has 1 aromatic carbocycles. The first-order valence-electron chi connectivity index (χ1n) is 5.64. The number of ether oxygens (including phenoxy) is 1. The molecule has 0 unspecified atom stereocenters. The molecule has 14 heavy (non-hydrogen) atoms. The van der Waals surface area contributed by atoms with Crippen LogP contribution in [0.5, 0.6) is 5.75 Å². The molecular weight excluding hydrogens is 172 g/mol. The van der Waals surface area contributed by atoms with Crippen molar-refractivity contribution in [2.75, 3.05) is 6.61 Å². The van der Waals surface area contributed by atoms with Crippen molar-refractivity contribution in [3.63, 3.8) is 0 Å². The van der Waals surface area contributed by atoms with Gasteiger partial charge < -0.3 is 4.74 Å². The predicted molar refractivity (Wildman–Crippen MR) is 56.8 cm³/mol. The lowest BCUT2D eigenvalue weighted by Crippen LogP contribution is -1.90. The Balaban J connectivity index is 1.95. The van der Waals surface area contributed by atoms with Crippen LogP contribution in [0.2, 0.25) is 0 Å². The van der Waals surface area contributed by atoms with Gasteiger partial charge in [-0.25, -0.2) is 0 Å². The van der Waals surface area contributed by atoms with E-state index in [2.05, 4.69) is 25.1 Å². The Morgan fingerprint density at radius 2 is 2.36 bits per heavy atom. The maximum atomic E-state index is 5.59. The van der Waals surface area contributed by atoms with Crippen molar-refractivity contribution in [2.24, 2.45) is 5.92 Å². The van der Waals surface area contributed by atoms with E-state index in [0.717, 1.165) is 30.6 Å². The van der Waals surface area contributed by atoms with Crippen LogP contribution in [-0.4, -0.2) is 6.61 Å². The summed E-state index contributed by atoms with van der Waals surface area (Å²) in [7, 11) is 0. The van der Waals surface area contributed by atoms with E-state index in [0.29, 0.717) is 0 Å². The van der Waals surface area contributed by atoms with E-state index in [1.54, 1.807) is 5.56 Å². The van der Waals surface area contributed by atoms with Gasteiger partial charge in [-0.1, -0.05) is 25.5 Å². The second-order valence-corrected chi connectivity index (χ2v) is 4.43. The molecule has 1 fully saturated rings. The molecule has 1 heteroatoms. The summed E-state index contributed by atoms with van der Waals surface area (Å²) >= 11 is 0. The first kappa shape index (κ1) is 8.34. The lowest BCUT2D eigenvalue weighted by Gasteiger charge is -2.05. The Bertz CT molecular complexity index is 356. The highest BCUT2D eigenvalue weighted by Crippen LogP contribution is 2.51. The SMILES string of the molecule is CC[C@@H]1C[C@H]1c1cccc2c1CCO2. The van der Waals surface area contributed by atoms with Crippen LogP contribution in [0.25, 0.3) is 0 Å². The second kappa shape index (κ2) is 3.01. The Morgan fingerprint density at radius 1 is 1.43 bits per heavy atom. The summed E-state index contributed by atoms with van der Waals surface area (Å²) in [5.41, 5.74) is 3.07. The molecule has 0 saturated heterocycles. The largest absolute Gasteiger partial charge is 0.493 e. The van der Waals surface area contributed by atoms with Crippen LogP contribution < -0.4 is 4.74 Å². The van der Waals surface area contributed by atoms with Crippen molar-refractivity contribution >= 4 is 0 Å². The van der Waals surface area contributed by atoms with E-state index in [4.69, 9.17) is 4.74 Å². The van der Waals surface area contributed by atoms with Crippen molar-refractivity contribution in [3.05, 3.63) is 29.3 Å². The average molecular weight is 188 g/mol. The van der Waals surface area contributed by atoms with Crippen LogP contribution in [0.3, 0.4) is 0 Å². The molecule has 74 valence electrons. The first-order chi connectivity index (χ1) is 6.90. The van der Waals surface area contributed by atoms with Crippen molar-refractivity contribution in [1.29, 1.82) is 0 Å². The molecule has 0 bridgehead atoms. The molecule has 0 N–H and O–H groups in total. The van der Waals surface area contributed by atoms with E-state index < -0.39 is 0 Å². The zero-order valence-corrected chi connectivity index (χ0v) is 8.62. The summed E-state index contributed by atoms with van der Waals surface area (Å²) in [4.78, 5) is 0. The summed E-state index contributed by atoms with van der Waals surface area (Å²) < 4.78 is 5.59. The van der Waals surface area contributed by atoms with Crippen molar-refractivity contribution in [1.82, 2.24) is 0 Å². The summed E-state index contributed by atoms with van der Waals surface area (Å²) in [6, 6.07) is 6.55. The van der Waals surface area contributed by atoms with Crippen molar-refractivity contribution in [2.45, 2.75) is 32.1 Å². The Hall–Kier alpha value is -0.980. The fraction of sp³-hybridized carbons (Fsp3) is 0.538. The third kappa shape index (κ3) is 1.15. The molecule has 1 nitrogen and oxygen atoms in total. The van der Waals surface area contributed by atoms with E-state index in [1.165, 1.54) is 18.4 Å². The smallest absolute Gasteiger partial charge is 0.122 e. The van der Waals surface area contributed by atoms with E-state index in [-0.39, 0.29) is 0 Å². The van der Waals surface area contributed by atoms with Crippen molar-refractivity contribution in [3.8, 4) is 5.75 Å². The van der Waals surface area contributed by atoms with Crippen LogP contribution in [0.1, 0.15) is 36.8 Å². The lowest BCUT2D eigenvalue weighted by atomic mass is 9.99. The third-order valence-corrected chi connectivity index (χ3v) is 3.63. The Morgan fingerprint density at radius 3 is 3.14 bits per heavy atom. The molecule has 2 atom stereocenters. The van der Waals surface area contributed by atoms with Crippen LogP contribution >= 0.6 is 0 Å². The van der Waals surface area contributed by atoms with Gasteiger partial charge in [-0.2, -0.15) is 0 Å². The molecule has 0 radical (unpaired) electrons. The van der Waals surface area contributed by atoms with Crippen LogP contribution in [-0.2, 0) is 6.42 Å². The average Bonchev–Trinajstić information content (AvgIpc) is 2.85. The second-order valence-electron chi connectivity index (χ2n) is 4.43. The van der Waals surface area contributed by atoms with Crippen molar-refractivity contribution < 1.29 is 4.74 Å². The van der Waals surface area contributed by atoms with Gasteiger partial charge in [0.25, 0.3) is 0 Å². The fourth-order valence-electron chi connectivity index (χ4n) is 2.68. The van der Waals surface area contributed by atoms with Gasteiger partial charge in [0.1, 0.15) is 5.75 Å². The third-order valence-electron chi connectivity index (χ3n) is 3.63. The van der Waals surface area contributed by atoms with Crippen LogP contribution in [0, 0.1) is 5.92 Å². The molecule has 0 amide bonds. The van der Waals surface area contributed by atoms with Crippen LogP contribution in [0.4, 0.5) is 0 Å². The zero-order chi connectivity index (χ0) is 9.54. The minimum absolute atomic E-state index is 0.844. The van der Waals surface area contributed by atoms with E-state index in [1.807, 2.05) is 0 Å². The molecule has 1 saturated carbocycles. The molecule has 3 rings (SSSR count). The van der Waals surface area contributed by atoms with Crippen LogP contribution in [0.15, 0.2) is 18.2 Å². The molecular formula is C13H16O. The molecule has 1 aromatic rings. The van der Waals surface area contributed by atoms with Gasteiger partial charge in [0, 0.05) is 12.0 Å². The van der Waals surface area contributed by atoms with E-state index >= 15 is 0 Å². The molecule has 0 spiro atoms. The monoisotopic (exact) mass is 188 g/mol. The summed E-state index contributed by atoms with van der Waals surface area (Å²) in [6.45, 7) is 3.18. The normalized spacial score (nSPS) is 28.4. The minimum atomic E-state index is 0.844. The van der Waals surface area contributed by atoms with Gasteiger partial charge in [0.05, 0.1) is 6.61 Å². The number of hydrogen-bond donors (Lipinski definition) is 0. The Labute approximate surface area is 85.1 Å². The number of hydrogen-bond acceptors (Lipinski definition) is 1. The molecule has 1 aliphatic heterocycles. The van der Waals surface area contributed by atoms with Gasteiger partial charge in [-0.05, 0) is 29.9 Å². The van der Waals surface area contributed by atoms with Gasteiger partial charge in [0.15, 0.2) is 0 Å². The summed E-state index contributed by atoms with van der Waals surface area (Å²) in [6.07, 6.45) is 3.85. The predicted octanol–water partition coefficient (Wildman–Crippen LogP) is 3.14. The fourth-order valence-corrected chi connectivity index (χ4v) is 2.68. The molecule has 2 aliphatic rings. The quantitative estimate of drug-likeness (QED) is 0.692. The van der Waals surface area contributed by atoms with Gasteiger partial charge >= 0.3 is 0 Å². The maximum absolute atomic E-state index is 5.59. The molecule has 1 heterocycles. The maximum Gasteiger partial charge on any atom is 0.122 e. The lowest BCUT2D eigenvalue weighted by molar-refractivity contribution is 0.357. The van der Waals surface area contributed by atoms with Gasteiger partial charge in [-0.15, -0.1) is 0 Å². The Kier molecular flexibility index (Phi) is 1.79. The standard InChI is InChI=1S/C13H16O/c1-2-9-8-12(9)10-4-3-5-13-11(10)6-7-14-13/h3-5,9,12H,2,6-8H2,1H3/t9-,12-/m1/s1. The molecule has 1 aliphatic carbocycles. The number of rotatable bonds is 2. The van der Waals surface area contributed by atoms with Gasteiger partial charge in [-0.3, -0.25) is 0 Å². The summed E-state index contributed by atoms with van der Waals surface area (Å²) in [5, 5.41) is 0.